The first-order valence-corrected chi connectivity index (χ1v) is 10.8. The summed E-state index contributed by atoms with van der Waals surface area (Å²) in [6.45, 7) is 3.55. The van der Waals surface area contributed by atoms with Crippen LogP contribution in [0.2, 0.25) is 0 Å². The van der Waals surface area contributed by atoms with E-state index in [1.807, 2.05) is 0 Å². The number of aliphatic hydroxyl groups is 3. The molecule has 2 saturated heterocycles. The fraction of sp³-hybridized carbons (Fsp3) is 0.478. The van der Waals surface area contributed by atoms with Gasteiger partial charge in [0.25, 0.3) is 0 Å². The van der Waals surface area contributed by atoms with Gasteiger partial charge in [-0.3, -0.25) is 0 Å². The van der Waals surface area contributed by atoms with Gasteiger partial charge in [-0.1, -0.05) is 12.1 Å². The van der Waals surface area contributed by atoms with Crippen LogP contribution in [0.25, 0.3) is 0 Å². The largest absolute Gasteiger partial charge is 0.508 e. The van der Waals surface area contributed by atoms with Gasteiger partial charge < -0.3 is 44.1 Å². The predicted octanol–water partition coefficient (Wildman–Crippen LogP) is -0.0213. The van der Waals surface area contributed by atoms with E-state index in [1.165, 1.54) is 30.5 Å². The highest BCUT2D eigenvalue weighted by Gasteiger charge is 2.48. The number of rotatable bonds is 6. The van der Waals surface area contributed by atoms with Crippen LogP contribution >= 0.6 is 0 Å². The number of benzene rings is 1. The maximum atomic E-state index is 12.2. The van der Waals surface area contributed by atoms with Crippen LogP contribution in [0, 0.1) is 11.8 Å². The van der Waals surface area contributed by atoms with Crippen molar-refractivity contribution in [2.45, 2.75) is 43.4 Å². The Labute approximate surface area is 194 Å². The standard InChI is InChI=1S/C23H26O11/c1-2-13-14-6-7-30-21(29)15(14)9-32-22(13)34-23-19(27)18(26)17(25)16(33-23)10-31-20(28)11-4-3-5-12(24)8-11/h2-5,8-9,13-14,16-19,22-27H,1,6-7,10H2. The smallest absolute Gasteiger partial charge is 0.338 e. The Bertz CT molecular complexity index is 960. The predicted molar refractivity (Wildman–Crippen MR) is 112 cm³/mol. The van der Waals surface area contributed by atoms with Crippen molar-refractivity contribution >= 4 is 11.9 Å². The Kier molecular flexibility index (Phi) is 7.19. The molecule has 0 bridgehead atoms. The molecule has 11 nitrogen and oxygen atoms in total. The van der Waals surface area contributed by atoms with Gasteiger partial charge in [0, 0.05) is 11.8 Å². The van der Waals surface area contributed by atoms with Crippen molar-refractivity contribution in [3.05, 3.63) is 54.3 Å². The van der Waals surface area contributed by atoms with Gasteiger partial charge in [-0.15, -0.1) is 6.58 Å². The topological polar surface area (TPSA) is 161 Å². The van der Waals surface area contributed by atoms with E-state index in [9.17, 15) is 30.0 Å². The number of cyclic esters (lactones) is 1. The minimum absolute atomic E-state index is 0.0803. The number of hydrogen-bond donors (Lipinski definition) is 4. The number of esters is 2. The molecule has 0 aromatic heterocycles. The Morgan fingerprint density at radius 2 is 1.97 bits per heavy atom. The van der Waals surface area contributed by atoms with E-state index in [1.54, 1.807) is 6.08 Å². The molecule has 1 aromatic rings. The molecule has 8 unspecified atom stereocenters. The quantitative estimate of drug-likeness (QED) is 0.321. The van der Waals surface area contributed by atoms with E-state index in [0.717, 1.165) is 0 Å². The molecule has 184 valence electrons. The molecule has 0 saturated carbocycles. The first-order valence-electron chi connectivity index (χ1n) is 10.8. The third kappa shape index (κ3) is 4.79. The van der Waals surface area contributed by atoms with E-state index in [-0.39, 0.29) is 23.8 Å². The monoisotopic (exact) mass is 478 g/mol. The second-order valence-electron chi connectivity index (χ2n) is 8.22. The lowest BCUT2D eigenvalue weighted by molar-refractivity contribution is -0.339. The number of phenols is 1. The van der Waals surface area contributed by atoms with E-state index in [2.05, 4.69) is 6.58 Å². The van der Waals surface area contributed by atoms with Crippen molar-refractivity contribution in [1.82, 2.24) is 0 Å². The Morgan fingerprint density at radius 1 is 1.18 bits per heavy atom. The van der Waals surface area contributed by atoms with E-state index < -0.39 is 61.5 Å². The summed E-state index contributed by atoms with van der Waals surface area (Å²) in [6.07, 6.45) is -5.22. The molecule has 1 aromatic carbocycles. The van der Waals surface area contributed by atoms with Gasteiger partial charge in [0.15, 0.2) is 6.29 Å². The first kappa shape index (κ1) is 24.2. The van der Waals surface area contributed by atoms with Gasteiger partial charge in [-0.05, 0) is 24.6 Å². The second kappa shape index (κ2) is 10.1. The zero-order valence-corrected chi connectivity index (χ0v) is 18.1. The van der Waals surface area contributed by atoms with Crippen molar-refractivity contribution in [3.8, 4) is 5.75 Å². The summed E-state index contributed by atoms with van der Waals surface area (Å²) >= 11 is 0. The highest BCUT2D eigenvalue weighted by molar-refractivity contribution is 5.90. The first-order chi connectivity index (χ1) is 16.3. The molecule has 3 heterocycles. The molecule has 4 rings (SSSR count). The third-order valence-electron chi connectivity index (χ3n) is 6.07. The number of fused-ring (bicyclic) bond motifs is 1. The molecule has 34 heavy (non-hydrogen) atoms. The number of carbonyl (C=O) groups excluding carboxylic acids is 2. The summed E-state index contributed by atoms with van der Waals surface area (Å²) in [6, 6.07) is 5.50. The van der Waals surface area contributed by atoms with Crippen molar-refractivity contribution in [2.24, 2.45) is 11.8 Å². The molecule has 4 N–H and O–H groups in total. The third-order valence-corrected chi connectivity index (χ3v) is 6.07. The molecular formula is C23H26O11. The SMILES string of the molecule is C=CC1C(OC2OC(COC(=O)c3cccc(O)c3)C(O)C(O)C2O)OC=C2C(=O)OCCC21. The lowest BCUT2D eigenvalue weighted by Crippen LogP contribution is -2.60. The summed E-state index contributed by atoms with van der Waals surface area (Å²) in [5.41, 5.74) is 0.435. The zero-order valence-electron chi connectivity index (χ0n) is 18.1. The number of ether oxygens (including phenoxy) is 5. The molecule has 0 radical (unpaired) electrons. The van der Waals surface area contributed by atoms with Gasteiger partial charge in [0.1, 0.15) is 36.8 Å². The van der Waals surface area contributed by atoms with Crippen LogP contribution < -0.4 is 0 Å². The van der Waals surface area contributed by atoms with E-state index >= 15 is 0 Å². The molecule has 0 amide bonds. The normalized spacial score (nSPS) is 35.3. The van der Waals surface area contributed by atoms with Crippen LogP contribution in [0.5, 0.6) is 5.75 Å². The fourth-order valence-electron chi connectivity index (χ4n) is 4.20. The molecular weight excluding hydrogens is 452 g/mol. The van der Waals surface area contributed by atoms with Gasteiger partial charge >= 0.3 is 11.9 Å². The average Bonchev–Trinajstić information content (AvgIpc) is 2.83. The maximum absolute atomic E-state index is 12.2. The van der Waals surface area contributed by atoms with E-state index in [4.69, 9.17) is 23.7 Å². The van der Waals surface area contributed by atoms with E-state index in [0.29, 0.717) is 12.0 Å². The Balaban J connectivity index is 1.43. The van der Waals surface area contributed by atoms with Crippen LogP contribution in [0.1, 0.15) is 16.8 Å². The number of phenolic OH excluding ortho intramolecular Hbond substituents is 1. The van der Waals surface area contributed by atoms with Gasteiger partial charge in [-0.2, -0.15) is 0 Å². The highest BCUT2D eigenvalue weighted by Crippen LogP contribution is 2.38. The van der Waals surface area contributed by atoms with Crippen LogP contribution in [0.15, 0.2) is 48.8 Å². The lowest BCUT2D eigenvalue weighted by Gasteiger charge is -2.43. The summed E-state index contributed by atoms with van der Waals surface area (Å²) in [5, 5.41) is 40.5. The van der Waals surface area contributed by atoms with Crippen molar-refractivity contribution in [3.63, 3.8) is 0 Å². The van der Waals surface area contributed by atoms with Gasteiger partial charge in [-0.25, -0.2) is 9.59 Å². The summed E-state index contributed by atoms with van der Waals surface area (Å²) in [4.78, 5) is 24.2. The molecule has 3 aliphatic heterocycles. The minimum atomic E-state index is -1.66. The molecule has 2 fully saturated rings. The Hall–Kier alpha value is -2.96. The molecule has 8 atom stereocenters. The van der Waals surface area contributed by atoms with Crippen molar-refractivity contribution in [1.29, 1.82) is 0 Å². The van der Waals surface area contributed by atoms with Crippen LogP contribution in [0.4, 0.5) is 0 Å². The molecule has 11 heteroatoms. The number of aromatic hydroxyl groups is 1. The summed E-state index contributed by atoms with van der Waals surface area (Å²) < 4.78 is 27.1. The lowest BCUT2D eigenvalue weighted by atomic mass is 9.81. The average molecular weight is 478 g/mol. The van der Waals surface area contributed by atoms with Crippen molar-refractivity contribution in [2.75, 3.05) is 13.2 Å². The molecule has 0 spiro atoms. The summed E-state index contributed by atoms with van der Waals surface area (Å²) in [5.74, 6) is -2.14. The minimum Gasteiger partial charge on any atom is -0.508 e. The van der Waals surface area contributed by atoms with Crippen LogP contribution in [-0.2, 0) is 28.5 Å². The molecule has 3 aliphatic rings. The second-order valence-corrected chi connectivity index (χ2v) is 8.22. The summed E-state index contributed by atoms with van der Waals surface area (Å²) in [7, 11) is 0. The number of carbonyl (C=O) groups is 2. The van der Waals surface area contributed by atoms with Crippen molar-refractivity contribution < 1.29 is 53.7 Å². The van der Waals surface area contributed by atoms with Gasteiger partial charge in [0.2, 0.25) is 6.29 Å². The maximum Gasteiger partial charge on any atom is 0.338 e. The molecule has 0 aliphatic carbocycles. The number of hydrogen-bond acceptors (Lipinski definition) is 11. The zero-order chi connectivity index (χ0) is 24.4. The number of aliphatic hydroxyl groups excluding tert-OH is 3. The Morgan fingerprint density at radius 3 is 2.71 bits per heavy atom. The fourth-order valence-corrected chi connectivity index (χ4v) is 4.20. The highest BCUT2D eigenvalue weighted by atomic mass is 16.8. The van der Waals surface area contributed by atoms with Gasteiger partial charge in [0.05, 0.1) is 24.0 Å². The van der Waals surface area contributed by atoms with Crippen LogP contribution in [0.3, 0.4) is 0 Å². The van der Waals surface area contributed by atoms with Crippen LogP contribution in [-0.4, -0.2) is 82.6 Å².